The molecule has 1 atom stereocenters. The van der Waals surface area contributed by atoms with Gasteiger partial charge in [0.25, 0.3) is 0 Å². The Kier molecular flexibility index (Phi) is 4.76. The van der Waals surface area contributed by atoms with Crippen LogP contribution in [0, 0.1) is 0 Å². The third kappa shape index (κ3) is 3.94. The predicted octanol–water partition coefficient (Wildman–Crippen LogP) is -1.54. The zero-order valence-corrected chi connectivity index (χ0v) is 10.2. The molecule has 0 aliphatic carbocycles. The molecule has 0 saturated carbocycles. The lowest BCUT2D eigenvalue weighted by atomic mass is 10.6. The maximum absolute atomic E-state index is 11.6. The number of carbonyl (C=O) groups excluding carboxylic acids is 1. The van der Waals surface area contributed by atoms with Crippen molar-refractivity contribution in [3.8, 4) is 0 Å². The van der Waals surface area contributed by atoms with Crippen molar-refractivity contribution in [2.75, 3.05) is 19.1 Å². The Morgan fingerprint density at radius 3 is 2.82 bits per heavy atom. The molecule has 0 aliphatic rings. The number of carbonyl (C=O) groups is 1. The second-order valence-corrected chi connectivity index (χ2v) is 4.60. The molecule has 1 aromatic heterocycles. The fraction of sp³-hybridized carbons (Fsp3) is 0.500. The van der Waals surface area contributed by atoms with Gasteiger partial charge in [0.1, 0.15) is 0 Å². The molecule has 8 nitrogen and oxygen atoms in total. The molecule has 9 heteroatoms. The van der Waals surface area contributed by atoms with Crippen LogP contribution < -0.4 is 5.69 Å². The highest BCUT2D eigenvalue weighted by Crippen LogP contribution is 1.83. The van der Waals surface area contributed by atoms with E-state index in [1.54, 1.807) is 0 Å². The van der Waals surface area contributed by atoms with Gasteiger partial charge in [-0.1, -0.05) is 0 Å². The molecule has 0 fully saturated rings. The fourth-order valence-corrected chi connectivity index (χ4v) is 1.36. The number of ether oxygens (including phenoxy) is 1. The van der Waals surface area contributed by atoms with Crippen LogP contribution in [0.5, 0.6) is 0 Å². The maximum atomic E-state index is 11.6. The van der Waals surface area contributed by atoms with Crippen LogP contribution in [0.2, 0.25) is 0 Å². The number of hydrogen-bond donors (Lipinski definition) is 0. The van der Waals surface area contributed by atoms with Crippen LogP contribution in [-0.2, 0) is 26.9 Å². The second kappa shape index (κ2) is 6.09. The van der Waals surface area contributed by atoms with Crippen molar-refractivity contribution >= 4 is 23.0 Å². The van der Waals surface area contributed by atoms with Crippen molar-refractivity contribution in [1.29, 1.82) is 0 Å². The molecule has 94 valence electrons. The zero-order valence-electron chi connectivity index (χ0n) is 9.40. The fourth-order valence-electron chi connectivity index (χ4n) is 0.935. The molecule has 0 amide bonds. The summed E-state index contributed by atoms with van der Waals surface area (Å²) in [7, 11) is 0.219. The monoisotopic (exact) mass is 260 g/mol. The quantitative estimate of drug-likeness (QED) is 0.470. The molecular formula is C8H12N4O4S. The summed E-state index contributed by atoms with van der Waals surface area (Å²) in [6.45, 7) is 0.216. The van der Waals surface area contributed by atoms with Gasteiger partial charge in [0, 0.05) is 35.1 Å². The molecule has 0 saturated heterocycles. The lowest BCUT2D eigenvalue weighted by Crippen LogP contribution is -2.24. The van der Waals surface area contributed by atoms with Gasteiger partial charge in [-0.3, -0.25) is 4.21 Å². The van der Waals surface area contributed by atoms with Gasteiger partial charge in [-0.05, 0) is 10.4 Å². The van der Waals surface area contributed by atoms with Crippen molar-refractivity contribution in [1.82, 2.24) is 19.8 Å². The first kappa shape index (κ1) is 13.3. The molecule has 0 aromatic carbocycles. The summed E-state index contributed by atoms with van der Waals surface area (Å²) in [4.78, 5) is 22.4. The van der Waals surface area contributed by atoms with Crippen LogP contribution in [0.4, 0.5) is 0 Å². The largest absolute Gasteiger partial charge is 0.466 e. The molecule has 0 N–H and O–H groups in total. The van der Waals surface area contributed by atoms with E-state index in [1.165, 1.54) is 13.4 Å². The summed E-state index contributed by atoms with van der Waals surface area (Å²) in [5, 5.41) is 7.09. The molecule has 1 aromatic rings. The zero-order chi connectivity index (χ0) is 12.8. The van der Waals surface area contributed by atoms with Gasteiger partial charge in [-0.15, -0.1) is 0 Å². The molecular weight excluding hydrogens is 248 g/mol. The molecule has 0 spiro atoms. The third-order valence-electron chi connectivity index (χ3n) is 1.80. The molecule has 0 aliphatic heterocycles. The van der Waals surface area contributed by atoms with E-state index in [0.29, 0.717) is 5.75 Å². The Bertz CT molecular complexity index is 504. The SMILES string of the molecule is COC(=O)/C=C\n1nnn(CCS(C)=O)c1=O. The molecule has 1 unspecified atom stereocenters. The van der Waals surface area contributed by atoms with E-state index in [1.807, 2.05) is 0 Å². The summed E-state index contributed by atoms with van der Waals surface area (Å²) in [5.74, 6) is -0.277. The average molecular weight is 260 g/mol. The van der Waals surface area contributed by atoms with Crippen LogP contribution in [0.15, 0.2) is 10.9 Å². The van der Waals surface area contributed by atoms with Crippen molar-refractivity contribution in [2.24, 2.45) is 0 Å². The Morgan fingerprint density at radius 1 is 1.53 bits per heavy atom. The van der Waals surface area contributed by atoms with E-state index in [-0.39, 0.29) is 6.54 Å². The van der Waals surface area contributed by atoms with Gasteiger partial charge in [-0.25, -0.2) is 9.59 Å². The van der Waals surface area contributed by atoms with Crippen LogP contribution in [0.25, 0.3) is 6.20 Å². The van der Waals surface area contributed by atoms with Crippen molar-refractivity contribution in [3.63, 3.8) is 0 Å². The number of hydrogen-bond acceptors (Lipinski definition) is 6. The van der Waals surface area contributed by atoms with Crippen molar-refractivity contribution < 1.29 is 13.7 Å². The third-order valence-corrected chi connectivity index (χ3v) is 2.56. The first-order valence-corrected chi connectivity index (χ1v) is 6.36. The van der Waals surface area contributed by atoms with E-state index < -0.39 is 22.5 Å². The Labute approximate surface area is 99.3 Å². The normalized spacial score (nSPS) is 12.8. The number of aromatic nitrogens is 4. The standard InChI is InChI=1S/C8H12N4O4S/c1-16-7(13)3-4-11-8(14)12(10-9-11)5-6-17(2)15/h3-4H,5-6H2,1-2H3/b4-3-. The van der Waals surface area contributed by atoms with Gasteiger partial charge >= 0.3 is 11.7 Å². The molecule has 1 rings (SSSR count). The topological polar surface area (TPSA) is 96.1 Å². The Morgan fingerprint density at radius 2 is 2.24 bits per heavy atom. The molecule has 17 heavy (non-hydrogen) atoms. The second-order valence-electron chi connectivity index (χ2n) is 3.05. The number of esters is 1. The number of aryl methyl sites for hydroxylation is 1. The number of methoxy groups -OCH3 is 1. The lowest BCUT2D eigenvalue weighted by molar-refractivity contribution is -0.134. The van der Waals surface area contributed by atoms with E-state index in [4.69, 9.17) is 0 Å². The summed E-state index contributed by atoms with van der Waals surface area (Å²) < 4.78 is 17.2. The maximum Gasteiger partial charge on any atom is 0.367 e. The highest BCUT2D eigenvalue weighted by atomic mass is 32.2. The molecule has 0 radical (unpaired) electrons. The first-order chi connectivity index (χ1) is 8.04. The molecule has 1 heterocycles. The van der Waals surface area contributed by atoms with Crippen molar-refractivity contribution in [3.05, 3.63) is 16.6 Å². The van der Waals surface area contributed by atoms with Gasteiger partial charge in [-0.2, -0.15) is 9.36 Å². The minimum absolute atomic E-state index is 0.216. The summed E-state index contributed by atoms with van der Waals surface area (Å²) in [6.07, 6.45) is 3.74. The number of tetrazole rings is 1. The van der Waals surface area contributed by atoms with E-state index in [0.717, 1.165) is 21.6 Å². The highest BCUT2D eigenvalue weighted by molar-refractivity contribution is 7.84. The van der Waals surface area contributed by atoms with Gasteiger partial charge in [0.2, 0.25) is 0 Å². The Balaban J connectivity index is 2.77. The lowest BCUT2D eigenvalue weighted by Gasteiger charge is -1.94. The minimum Gasteiger partial charge on any atom is -0.466 e. The first-order valence-electron chi connectivity index (χ1n) is 4.63. The summed E-state index contributed by atoms with van der Waals surface area (Å²) in [5.41, 5.74) is -0.504. The smallest absolute Gasteiger partial charge is 0.367 e. The number of nitrogens with zero attached hydrogens (tertiary/aromatic N) is 4. The van der Waals surface area contributed by atoms with Crippen LogP contribution in [0.3, 0.4) is 0 Å². The van der Waals surface area contributed by atoms with Crippen LogP contribution in [-0.4, -0.2) is 49.1 Å². The van der Waals surface area contributed by atoms with Crippen LogP contribution in [0.1, 0.15) is 0 Å². The van der Waals surface area contributed by atoms with Gasteiger partial charge in [0.05, 0.1) is 13.7 Å². The summed E-state index contributed by atoms with van der Waals surface area (Å²) in [6, 6.07) is 0. The predicted molar refractivity (Wildman–Crippen MR) is 60.6 cm³/mol. The van der Waals surface area contributed by atoms with Gasteiger partial charge in [0.15, 0.2) is 0 Å². The summed E-state index contributed by atoms with van der Waals surface area (Å²) >= 11 is 0. The van der Waals surface area contributed by atoms with E-state index >= 15 is 0 Å². The van der Waals surface area contributed by atoms with Gasteiger partial charge < -0.3 is 4.74 Å². The van der Waals surface area contributed by atoms with Crippen molar-refractivity contribution in [2.45, 2.75) is 6.54 Å². The highest BCUT2D eigenvalue weighted by Gasteiger charge is 2.05. The molecule has 0 bridgehead atoms. The van der Waals surface area contributed by atoms with E-state index in [9.17, 15) is 13.8 Å². The Hall–Kier alpha value is -1.77. The van der Waals surface area contributed by atoms with Crippen LogP contribution >= 0.6 is 0 Å². The average Bonchev–Trinajstić information content (AvgIpc) is 2.64. The van der Waals surface area contributed by atoms with E-state index in [2.05, 4.69) is 15.2 Å². The minimum atomic E-state index is -1.01. The number of rotatable bonds is 5.